The topological polar surface area (TPSA) is 78.3 Å². The zero-order valence-electron chi connectivity index (χ0n) is 14.9. The van der Waals surface area contributed by atoms with Gasteiger partial charge in [-0.15, -0.1) is 0 Å². The van der Waals surface area contributed by atoms with Gasteiger partial charge in [0.25, 0.3) is 0 Å². The number of para-hydroxylation sites is 1. The SMILES string of the molecule is CCCCc1nc2c(N)nc3ccccc3c2n1CCCC=NOC. The van der Waals surface area contributed by atoms with Crippen molar-refractivity contribution in [2.45, 2.75) is 45.6 Å². The van der Waals surface area contributed by atoms with Gasteiger partial charge in [-0.25, -0.2) is 9.97 Å². The number of aryl methyl sites for hydroxylation is 2. The van der Waals surface area contributed by atoms with Gasteiger partial charge in [-0.2, -0.15) is 0 Å². The largest absolute Gasteiger partial charge is 0.399 e. The molecule has 0 spiro atoms. The molecule has 0 radical (unpaired) electrons. The molecular formula is C19H25N5O. The number of hydrogen-bond donors (Lipinski definition) is 1. The fraction of sp³-hybridized carbons (Fsp3) is 0.421. The minimum atomic E-state index is 0.506. The standard InChI is InChI=1S/C19H25N5O/c1-3-4-11-16-23-17-18(24(16)13-8-7-12-21-25-2)14-9-5-6-10-15(14)22-19(17)20/h5-6,9-10,12H,3-4,7-8,11,13H2,1-2H3,(H2,20,22). The zero-order chi connectivity index (χ0) is 17.6. The molecule has 3 aromatic rings. The Morgan fingerprint density at radius 2 is 2.08 bits per heavy atom. The Kier molecular flexibility index (Phi) is 5.48. The van der Waals surface area contributed by atoms with Crippen molar-refractivity contribution in [2.75, 3.05) is 12.8 Å². The number of nitrogens with zero attached hydrogens (tertiary/aromatic N) is 4. The second kappa shape index (κ2) is 7.96. The Hall–Kier alpha value is -2.63. The van der Waals surface area contributed by atoms with Gasteiger partial charge in [-0.3, -0.25) is 0 Å². The van der Waals surface area contributed by atoms with E-state index in [9.17, 15) is 0 Å². The molecule has 2 aromatic heterocycles. The first-order chi connectivity index (χ1) is 12.3. The molecule has 0 fully saturated rings. The molecule has 6 heteroatoms. The number of oxime groups is 1. The molecule has 132 valence electrons. The van der Waals surface area contributed by atoms with Crippen molar-refractivity contribution < 1.29 is 4.84 Å². The Bertz CT molecular complexity index is 884. The van der Waals surface area contributed by atoms with E-state index in [0.29, 0.717) is 5.82 Å². The van der Waals surface area contributed by atoms with Crippen LogP contribution in [0.4, 0.5) is 5.82 Å². The van der Waals surface area contributed by atoms with Crippen LogP contribution in [-0.2, 0) is 17.8 Å². The van der Waals surface area contributed by atoms with Gasteiger partial charge in [0.1, 0.15) is 18.5 Å². The van der Waals surface area contributed by atoms with Gasteiger partial charge in [0.2, 0.25) is 0 Å². The highest BCUT2D eigenvalue weighted by Crippen LogP contribution is 2.29. The quantitative estimate of drug-likeness (QED) is 0.383. The minimum absolute atomic E-state index is 0.506. The maximum Gasteiger partial charge on any atom is 0.152 e. The van der Waals surface area contributed by atoms with Gasteiger partial charge in [-0.1, -0.05) is 36.7 Å². The van der Waals surface area contributed by atoms with Gasteiger partial charge in [-0.05, 0) is 25.3 Å². The fourth-order valence-electron chi connectivity index (χ4n) is 3.14. The number of pyridine rings is 1. The summed E-state index contributed by atoms with van der Waals surface area (Å²) in [5, 5.41) is 4.91. The molecule has 0 aliphatic heterocycles. The number of unbranched alkanes of at least 4 members (excludes halogenated alkanes) is 2. The second-order valence-corrected chi connectivity index (χ2v) is 6.11. The van der Waals surface area contributed by atoms with Crippen LogP contribution >= 0.6 is 0 Å². The van der Waals surface area contributed by atoms with E-state index < -0.39 is 0 Å². The van der Waals surface area contributed by atoms with Crippen LogP contribution in [-0.4, -0.2) is 27.9 Å². The molecule has 3 rings (SSSR count). The molecule has 0 saturated heterocycles. The molecular weight excluding hydrogens is 314 g/mol. The number of nitrogens with two attached hydrogens (primary N) is 1. The number of benzene rings is 1. The Balaban J connectivity index is 2.07. The van der Waals surface area contributed by atoms with Crippen LogP contribution in [0.2, 0.25) is 0 Å². The molecule has 0 atom stereocenters. The Morgan fingerprint density at radius 1 is 1.24 bits per heavy atom. The van der Waals surface area contributed by atoms with E-state index in [1.807, 2.05) is 18.2 Å². The minimum Gasteiger partial charge on any atom is -0.399 e. The van der Waals surface area contributed by atoms with Crippen LogP contribution in [0.5, 0.6) is 0 Å². The lowest BCUT2D eigenvalue weighted by atomic mass is 10.2. The van der Waals surface area contributed by atoms with Crippen molar-refractivity contribution in [1.29, 1.82) is 0 Å². The van der Waals surface area contributed by atoms with Crippen molar-refractivity contribution in [3.63, 3.8) is 0 Å². The third-order valence-corrected chi connectivity index (χ3v) is 4.34. The summed E-state index contributed by atoms with van der Waals surface area (Å²) in [6.07, 6.45) is 6.83. The smallest absolute Gasteiger partial charge is 0.152 e. The number of rotatable bonds is 8. The number of anilines is 1. The van der Waals surface area contributed by atoms with E-state index in [1.165, 1.54) is 0 Å². The van der Waals surface area contributed by atoms with Crippen molar-refractivity contribution in [3.8, 4) is 0 Å². The summed E-state index contributed by atoms with van der Waals surface area (Å²) >= 11 is 0. The lowest BCUT2D eigenvalue weighted by molar-refractivity contribution is 0.214. The van der Waals surface area contributed by atoms with E-state index in [0.717, 1.165) is 66.4 Å². The molecule has 1 aromatic carbocycles. The molecule has 6 nitrogen and oxygen atoms in total. The molecule has 0 aliphatic rings. The summed E-state index contributed by atoms with van der Waals surface area (Å²) in [6.45, 7) is 3.07. The first kappa shape index (κ1) is 17.2. The van der Waals surface area contributed by atoms with Crippen molar-refractivity contribution >= 4 is 34.0 Å². The molecule has 2 N–H and O–H groups in total. The lowest BCUT2D eigenvalue weighted by Crippen LogP contribution is -2.05. The predicted molar refractivity (Wildman–Crippen MR) is 103 cm³/mol. The fourth-order valence-corrected chi connectivity index (χ4v) is 3.14. The summed E-state index contributed by atoms with van der Waals surface area (Å²) in [6, 6.07) is 8.12. The average Bonchev–Trinajstić information content (AvgIpc) is 2.99. The zero-order valence-corrected chi connectivity index (χ0v) is 14.9. The molecule has 0 bridgehead atoms. The Labute approximate surface area is 147 Å². The lowest BCUT2D eigenvalue weighted by Gasteiger charge is -2.10. The van der Waals surface area contributed by atoms with Crippen LogP contribution < -0.4 is 5.73 Å². The van der Waals surface area contributed by atoms with Crippen LogP contribution in [0, 0.1) is 0 Å². The highest BCUT2D eigenvalue weighted by molar-refractivity contribution is 6.06. The molecule has 0 saturated carbocycles. The maximum absolute atomic E-state index is 6.20. The highest BCUT2D eigenvalue weighted by atomic mass is 16.6. The summed E-state index contributed by atoms with van der Waals surface area (Å²) in [5.74, 6) is 1.59. The number of nitrogen functional groups attached to an aromatic ring is 1. The monoisotopic (exact) mass is 339 g/mol. The molecule has 0 unspecified atom stereocenters. The van der Waals surface area contributed by atoms with Crippen molar-refractivity contribution in [2.24, 2.45) is 5.16 Å². The number of imidazole rings is 1. The van der Waals surface area contributed by atoms with Gasteiger partial charge >= 0.3 is 0 Å². The summed E-state index contributed by atoms with van der Waals surface area (Å²) in [4.78, 5) is 14.1. The van der Waals surface area contributed by atoms with Crippen LogP contribution in [0.15, 0.2) is 29.4 Å². The molecule has 25 heavy (non-hydrogen) atoms. The van der Waals surface area contributed by atoms with Crippen LogP contribution in [0.1, 0.15) is 38.4 Å². The number of aromatic nitrogens is 3. The van der Waals surface area contributed by atoms with E-state index >= 15 is 0 Å². The number of fused-ring (bicyclic) bond motifs is 3. The molecule has 2 heterocycles. The summed E-state index contributed by atoms with van der Waals surface area (Å²) in [7, 11) is 1.56. The molecule has 0 amide bonds. The van der Waals surface area contributed by atoms with Gasteiger partial charge < -0.3 is 15.1 Å². The summed E-state index contributed by atoms with van der Waals surface area (Å²) < 4.78 is 2.31. The maximum atomic E-state index is 6.20. The first-order valence-corrected chi connectivity index (χ1v) is 8.84. The molecule has 0 aliphatic carbocycles. The van der Waals surface area contributed by atoms with Gasteiger partial charge in [0.05, 0.1) is 11.0 Å². The average molecular weight is 339 g/mol. The first-order valence-electron chi connectivity index (χ1n) is 8.84. The van der Waals surface area contributed by atoms with E-state index in [4.69, 9.17) is 15.6 Å². The third-order valence-electron chi connectivity index (χ3n) is 4.34. The normalized spacial score (nSPS) is 11.8. The highest BCUT2D eigenvalue weighted by Gasteiger charge is 2.16. The van der Waals surface area contributed by atoms with Gasteiger partial charge in [0, 0.05) is 24.6 Å². The Morgan fingerprint density at radius 3 is 2.88 bits per heavy atom. The number of hydrogen-bond acceptors (Lipinski definition) is 5. The summed E-state index contributed by atoms with van der Waals surface area (Å²) in [5.41, 5.74) is 9.03. The van der Waals surface area contributed by atoms with Crippen molar-refractivity contribution in [3.05, 3.63) is 30.1 Å². The van der Waals surface area contributed by atoms with E-state index in [1.54, 1.807) is 13.3 Å². The van der Waals surface area contributed by atoms with Crippen LogP contribution in [0.3, 0.4) is 0 Å². The van der Waals surface area contributed by atoms with Crippen molar-refractivity contribution in [1.82, 2.24) is 14.5 Å². The third kappa shape index (κ3) is 3.57. The van der Waals surface area contributed by atoms with E-state index in [-0.39, 0.29) is 0 Å². The van der Waals surface area contributed by atoms with Crippen LogP contribution in [0.25, 0.3) is 21.9 Å². The van der Waals surface area contributed by atoms with E-state index in [2.05, 4.69) is 27.7 Å². The second-order valence-electron chi connectivity index (χ2n) is 6.11. The predicted octanol–water partition coefficient (Wildman–Crippen LogP) is 3.92. The van der Waals surface area contributed by atoms with Gasteiger partial charge in [0.15, 0.2) is 5.82 Å².